The van der Waals surface area contributed by atoms with E-state index in [-0.39, 0.29) is 29.1 Å². The van der Waals surface area contributed by atoms with Gasteiger partial charge in [0.1, 0.15) is 5.69 Å². The maximum atomic E-state index is 10.8. The first-order valence-electron chi connectivity index (χ1n) is 12.7. The van der Waals surface area contributed by atoms with Gasteiger partial charge in [0.25, 0.3) is 0 Å². The Bertz CT molecular complexity index is 976. The van der Waals surface area contributed by atoms with Crippen LogP contribution < -0.4 is 0 Å². The molecular formula is C27H37N3O2. The molecule has 1 aromatic heterocycles. The van der Waals surface area contributed by atoms with E-state index in [1.807, 2.05) is 18.2 Å². The topological polar surface area (TPSA) is 71.2 Å². The SMILES string of the molecule is C[C@]12CC[C@H]3[C@@H](CC[C@H]4C[C@@H](O)C[C@H](n5cc(-c6ccccc6)nn5)[C@@]43C)[C@@H]1CC[C@@H]2O. The quantitative estimate of drug-likeness (QED) is 0.707. The maximum Gasteiger partial charge on any atom is 0.113 e. The molecule has 2 aromatic rings. The Hall–Kier alpha value is -1.72. The van der Waals surface area contributed by atoms with Crippen molar-refractivity contribution in [1.82, 2.24) is 15.0 Å². The normalized spacial score (nSPS) is 45.7. The lowest BCUT2D eigenvalue weighted by molar-refractivity contribution is -0.157. The molecule has 0 amide bonds. The molecule has 5 heteroatoms. The van der Waals surface area contributed by atoms with Crippen LogP contribution in [0.5, 0.6) is 0 Å². The van der Waals surface area contributed by atoms with Crippen molar-refractivity contribution in [3.63, 3.8) is 0 Å². The molecule has 9 atom stereocenters. The van der Waals surface area contributed by atoms with E-state index in [1.54, 1.807) is 0 Å². The Morgan fingerprint density at radius 3 is 2.56 bits per heavy atom. The van der Waals surface area contributed by atoms with Crippen LogP contribution in [0.1, 0.15) is 71.3 Å². The van der Waals surface area contributed by atoms with Gasteiger partial charge < -0.3 is 10.2 Å². The number of fused-ring (bicyclic) bond motifs is 5. The molecule has 1 aromatic carbocycles. The third-order valence-corrected chi connectivity index (χ3v) is 10.6. The second-order valence-corrected chi connectivity index (χ2v) is 11.7. The highest BCUT2D eigenvalue weighted by Crippen LogP contribution is 2.68. The first kappa shape index (κ1) is 20.9. The van der Waals surface area contributed by atoms with E-state index in [0.29, 0.717) is 23.7 Å². The van der Waals surface area contributed by atoms with Gasteiger partial charge in [-0.3, -0.25) is 0 Å². The fourth-order valence-corrected chi connectivity index (χ4v) is 8.83. The fraction of sp³-hybridized carbons (Fsp3) is 0.704. The van der Waals surface area contributed by atoms with Crippen LogP contribution in [-0.2, 0) is 0 Å². The van der Waals surface area contributed by atoms with E-state index in [4.69, 9.17) is 0 Å². The minimum absolute atomic E-state index is 0.0990. The molecule has 0 bridgehead atoms. The number of hydrogen-bond acceptors (Lipinski definition) is 4. The van der Waals surface area contributed by atoms with Gasteiger partial charge >= 0.3 is 0 Å². The second kappa shape index (κ2) is 7.39. The molecule has 0 spiro atoms. The molecule has 4 aliphatic rings. The van der Waals surface area contributed by atoms with Crippen LogP contribution in [0.4, 0.5) is 0 Å². The van der Waals surface area contributed by atoms with Gasteiger partial charge in [-0.25, -0.2) is 4.68 Å². The summed E-state index contributed by atoms with van der Waals surface area (Å²) in [4.78, 5) is 0. The Morgan fingerprint density at radius 2 is 1.75 bits per heavy atom. The van der Waals surface area contributed by atoms with E-state index < -0.39 is 0 Å². The van der Waals surface area contributed by atoms with Gasteiger partial charge in [0, 0.05) is 5.56 Å². The molecule has 172 valence electrons. The van der Waals surface area contributed by atoms with Gasteiger partial charge in [-0.1, -0.05) is 49.4 Å². The molecule has 2 N–H and O–H groups in total. The first-order chi connectivity index (χ1) is 15.4. The molecule has 4 aliphatic carbocycles. The molecule has 5 nitrogen and oxygen atoms in total. The van der Waals surface area contributed by atoms with Gasteiger partial charge in [0.15, 0.2) is 0 Å². The van der Waals surface area contributed by atoms with Crippen molar-refractivity contribution in [2.24, 2.45) is 34.5 Å². The smallest absolute Gasteiger partial charge is 0.113 e. The highest BCUT2D eigenvalue weighted by molar-refractivity contribution is 5.57. The van der Waals surface area contributed by atoms with Crippen molar-refractivity contribution < 1.29 is 10.2 Å². The van der Waals surface area contributed by atoms with Crippen molar-refractivity contribution in [2.75, 3.05) is 0 Å². The van der Waals surface area contributed by atoms with Crippen LogP contribution in [0.3, 0.4) is 0 Å². The third-order valence-electron chi connectivity index (χ3n) is 10.6. The number of hydrogen-bond donors (Lipinski definition) is 2. The van der Waals surface area contributed by atoms with Crippen molar-refractivity contribution >= 4 is 0 Å². The summed E-state index contributed by atoms with van der Waals surface area (Å²) in [5.41, 5.74) is 2.21. The minimum Gasteiger partial charge on any atom is -0.393 e. The summed E-state index contributed by atoms with van der Waals surface area (Å²) < 4.78 is 2.09. The average Bonchev–Trinajstić information content (AvgIpc) is 3.39. The van der Waals surface area contributed by atoms with E-state index in [1.165, 1.54) is 25.7 Å². The van der Waals surface area contributed by atoms with Gasteiger partial charge in [-0.05, 0) is 85.9 Å². The highest BCUT2D eigenvalue weighted by Gasteiger charge is 2.62. The predicted molar refractivity (Wildman–Crippen MR) is 124 cm³/mol. The fourth-order valence-electron chi connectivity index (χ4n) is 8.83. The Kier molecular flexibility index (Phi) is 4.82. The monoisotopic (exact) mass is 435 g/mol. The summed E-state index contributed by atoms with van der Waals surface area (Å²) in [7, 11) is 0. The van der Waals surface area contributed by atoms with Gasteiger partial charge in [0.05, 0.1) is 24.4 Å². The lowest BCUT2D eigenvalue weighted by atomic mass is 9.44. The van der Waals surface area contributed by atoms with E-state index in [0.717, 1.165) is 36.9 Å². The Balaban J connectivity index is 1.37. The largest absolute Gasteiger partial charge is 0.393 e. The highest BCUT2D eigenvalue weighted by atomic mass is 16.3. The van der Waals surface area contributed by atoms with Crippen LogP contribution in [-0.4, -0.2) is 37.4 Å². The Labute approximate surface area is 191 Å². The first-order valence-corrected chi connectivity index (χ1v) is 12.7. The minimum atomic E-state index is -0.263. The Morgan fingerprint density at radius 1 is 0.938 bits per heavy atom. The van der Waals surface area contributed by atoms with Crippen molar-refractivity contribution in [2.45, 2.75) is 83.5 Å². The number of benzene rings is 1. The number of aromatic nitrogens is 3. The van der Waals surface area contributed by atoms with Gasteiger partial charge in [-0.2, -0.15) is 0 Å². The van der Waals surface area contributed by atoms with Crippen molar-refractivity contribution in [1.29, 1.82) is 0 Å². The van der Waals surface area contributed by atoms with Crippen LogP contribution in [0.15, 0.2) is 36.5 Å². The zero-order valence-electron chi connectivity index (χ0n) is 19.4. The van der Waals surface area contributed by atoms with Crippen LogP contribution in [0.25, 0.3) is 11.3 Å². The van der Waals surface area contributed by atoms with Gasteiger partial charge in [-0.15, -0.1) is 5.10 Å². The van der Waals surface area contributed by atoms with Gasteiger partial charge in [0.2, 0.25) is 0 Å². The summed E-state index contributed by atoms with van der Waals surface area (Å²) in [5.74, 6) is 2.48. The summed E-state index contributed by atoms with van der Waals surface area (Å²) in [6.07, 6.45) is 10.3. The predicted octanol–water partition coefficient (Wildman–Crippen LogP) is 4.86. The molecule has 1 heterocycles. The lowest BCUT2D eigenvalue weighted by Crippen LogP contribution is -2.58. The summed E-state index contributed by atoms with van der Waals surface area (Å²) in [5, 5.41) is 30.8. The zero-order valence-corrected chi connectivity index (χ0v) is 19.4. The number of aliphatic hydroxyl groups is 2. The molecule has 4 saturated carbocycles. The molecule has 32 heavy (non-hydrogen) atoms. The summed E-state index contributed by atoms with van der Waals surface area (Å²) in [6.45, 7) is 4.86. The van der Waals surface area contributed by atoms with Crippen LogP contribution in [0.2, 0.25) is 0 Å². The maximum absolute atomic E-state index is 10.8. The molecule has 0 aliphatic heterocycles. The number of nitrogens with zero attached hydrogens (tertiary/aromatic N) is 3. The lowest BCUT2D eigenvalue weighted by Gasteiger charge is -2.62. The van der Waals surface area contributed by atoms with E-state index in [9.17, 15) is 10.2 Å². The summed E-state index contributed by atoms with van der Waals surface area (Å²) >= 11 is 0. The van der Waals surface area contributed by atoms with Crippen molar-refractivity contribution in [3.05, 3.63) is 36.5 Å². The standard InChI is InChI=1S/C27H37N3O2/c1-26-13-12-22-20(21(26)10-11-25(26)32)9-8-18-14-19(31)15-24(27(18,22)2)30-16-23(28-29-30)17-6-4-3-5-7-17/h3-7,16,18-22,24-25,31-32H,8-15H2,1-2H3/t18-,19+,20-,21-,22-,24-,25-,26-,27-/m0/s1. The number of rotatable bonds is 2. The number of aliphatic hydroxyl groups excluding tert-OH is 2. The van der Waals surface area contributed by atoms with E-state index in [2.05, 4.69) is 47.2 Å². The molecule has 6 rings (SSSR count). The van der Waals surface area contributed by atoms with Crippen molar-refractivity contribution in [3.8, 4) is 11.3 Å². The molecule has 0 saturated heterocycles. The molecule has 0 radical (unpaired) electrons. The second-order valence-electron chi connectivity index (χ2n) is 11.7. The average molecular weight is 436 g/mol. The van der Waals surface area contributed by atoms with Crippen LogP contribution >= 0.6 is 0 Å². The third kappa shape index (κ3) is 2.89. The summed E-state index contributed by atoms with van der Waals surface area (Å²) in [6, 6.07) is 10.4. The molecule has 4 fully saturated rings. The van der Waals surface area contributed by atoms with E-state index >= 15 is 0 Å². The van der Waals surface area contributed by atoms with Crippen LogP contribution in [0, 0.1) is 34.5 Å². The molecule has 0 unspecified atom stereocenters. The zero-order chi connectivity index (χ0) is 22.1. The molecular weight excluding hydrogens is 398 g/mol.